The lowest BCUT2D eigenvalue weighted by Gasteiger charge is -2.16. The van der Waals surface area contributed by atoms with Crippen molar-refractivity contribution in [3.63, 3.8) is 0 Å². The lowest BCUT2D eigenvalue weighted by atomic mass is 10.00. The van der Waals surface area contributed by atoms with Crippen molar-refractivity contribution in [3.05, 3.63) is 29.5 Å². The first-order chi connectivity index (χ1) is 10.0. The van der Waals surface area contributed by atoms with Gasteiger partial charge >= 0.3 is 5.97 Å². The summed E-state index contributed by atoms with van der Waals surface area (Å²) in [5.74, 6) is 0.122. The molecule has 0 aliphatic rings. The van der Waals surface area contributed by atoms with Crippen LogP contribution < -0.4 is 9.47 Å². The van der Waals surface area contributed by atoms with Gasteiger partial charge in [0.25, 0.3) is 0 Å². The van der Waals surface area contributed by atoms with E-state index < -0.39 is 5.97 Å². The van der Waals surface area contributed by atoms with Gasteiger partial charge in [-0.05, 0) is 24.1 Å². The first-order valence-corrected chi connectivity index (χ1v) is 6.55. The monoisotopic (exact) mass is 290 g/mol. The van der Waals surface area contributed by atoms with Gasteiger partial charge < -0.3 is 14.6 Å². The summed E-state index contributed by atoms with van der Waals surface area (Å²) >= 11 is 0. The zero-order valence-corrected chi connectivity index (χ0v) is 12.5. The maximum absolute atomic E-state index is 11.1. The molecular weight excluding hydrogens is 272 g/mol. The second-order valence-electron chi connectivity index (χ2n) is 4.53. The second-order valence-corrected chi connectivity index (χ2v) is 4.53. The summed E-state index contributed by atoms with van der Waals surface area (Å²) in [5, 5.41) is 13.1. The van der Waals surface area contributed by atoms with Crippen LogP contribution in [0.2, 0.25) is 0 Å². The molecular formula is C15H18N2O4. The Morgan fingerprint density at radius 1 is 1.33 bits per heavy atom. The molecule has 6 heteroatoms. The molecule has 21 heavy (non-hydrogen) atoms. The SMILES string of the molecule is CCc1ccc(OC)c(OC)c1-c1cc(C(=O)O)nn1C. The van der Waals surface area contributed by atoms with Gasteiger partial charge in [0.05, 0.1) is 19.9 Å². The molecule has 2 aromatic rings. The average Bonchev–Trinajstić information content (AvgIpc) is 2.87. The highest BCUT2D eigenvalue weighted by Gasteiger charge is 2.21. The van der Waals surface area contributed by atoms with E-state index in [0.717, 1.165) is 17.5 Å². The predicted molar refractivity (Wildman–Crippen MR) is 78.1 cm³/mol. The van der Waals surface area contributed by atoms with E-state index in [1.807, 2.05) is 19.1 Å². The maximum atomic E-state index is 11.1. The average molecular weight is 290 g/mol. The Bertz CT molecular complexity index is 677. The Hall–Kier alpha value is -2.50. The third kappa shape index (κ3) is 2.56. The van der Waals surface area contributed by atoms with E-state index in [1.54, 1.807) is 32.0 Å². The van der Waals surface area contributed by atoms with E-state index in [-0.39, 0.29) is 5.69 Å². The lowest BCUT2D eigenvalue weighted by molar-refractivity contribution is 0.0689. The summed E-state index contributed by atoms with van der Waals surface area (Å²) in [7, 11) is 4.84. The number of carboxylic acids is 1. The molecule has 0 amide bonds. The smallest absolute Gasteiger partial charge is 0.356 e. The van der Waals surface area contributed by atoms with Crippen molar-refractivity contribution >= 4 is 5.97 Å². The van der Waals surface area contributed by atoms with Crippen molar-refractivity contribution in [3.8, 4) is 22.8 Å². The fourth-order valence-corrected chi connectivity index (χ4v) is 2.35. The van der Waals surface area contributed by atoms with Gasteiger partial charge in [-0.1, -0.05) is 13.0 Å². The molecule has 6 nitrogen and oxygen atoms in total. The standard InChI is InChI=1S/C15H18N2O4/c1-5-9-6-7-12(20-3)14(21-4)13(9)11-8-10(15(18)19)16-17(11)2/h6-8H,5H2,1-4H3,(H,18,19). The van der Waals surface area contributed by atoms with Gasteiger partial charge in [0.1, 0.15) is 0 Å². The number of hydrogen-bond acceptors (Lipinski definition) is 4. The minimum absolute atomic E-state index is 0.000531. The van der Waals surface area contributed by atoms with E-state index in [4.69, 9.17) is 14.6 Å². The number of carbonyl (C=O) groups is 1. The molecule has 0 saturated carbocycles. The number of benzene rings is 1. The first kappa shape index (κ1) is 14.9. The van der Waals surface area contributed by atoms with Crippen molar-refractivity contribution in [2.24, 2.45) is 7.05 Å². The maximum Gasteiger partial charge on any atom is 0.356 e. The summed E-state index contributed by atoms with van der Waals surface area (Å²) in [6.45, 7) is 2.03. The van der Waals surface area contributed by atoms with Crippen LogP contribution in [0, 0.1) is 0 Å². The van der Waals surface area contributed by atoms with Crippen LogP contribution in [0.1, 0.15) is 23.0 Å². The molecule has 0 unspecified atom stereocenters. The third-order valence-corrected chi connectivity index (χ3v) is 3.37. The molecule has 1 aromatic heterocycles. The zero-order valence-electron chi connectivity index (χ0n) is 12.5. The molecule has 1 aromatic carbocycles. The van der Waals surface area contributed by atoms with Gasteiger partial charge in [-0.25, -0.2) is 4.79 Å². The number of ether oxygens (including phenoxy) is 2. The van der Waals surface area contributed by atoms with Crippen LogP contribution in [0.5, 0.6) is 11.5 Å². The fourth-order valence-electron chi connectivity index (χ4n) is 2.35. The van der Waals surface area contributed by atoms with Gasteiger partial charge in [0, 0.05) is 12.6 Å². The first-order valence-electron chi connectivity index (χ1n) is 6.55. The van der Waals surface area contributed by atoms with E-state index in [9.17, 15) is 4.79 Å². The predicted octanol–water partition coefficient (Wildman–Crippen LogP) is 2.36. The highest BCUT2D eigenvalue weighted by atomic mass is 16.5. The quantitative estimate of drug-likeness (QED) is 0.915. The normalized spacial score (nSPS) is 10.5. The van der Waals surface area contributed by atoms with Crippen LogP contribution in [0.15, 0.2) is 18.2 Å². The van der Waals surface area contributed by atoms with Gasteiger partial charge in [-0.3, -0.25) is 4.68 Å². The zero-order chi connectivity index (χ0) is 15.6. The van der Waals surface area contributed by atoms with E-state index in [1.165, 1.54) is 0 Å². The number of nitrogens with zero attached hydrogens (tertiary/aromatic N) is 2. The second kappa shape index (κ2) is 5.87. The number of aromatic nitrogens is 2. The Balaban J connectivity index is 2.74. The third-order valence-electron chi connectivity index (χ3n) is 3.37. The lowest BCUT2D eigenvalue weighted by Crippen LogP contribution is -2.02. The molecule has 0 bridgehead atoms. The Labute approximate surface area is 122 Å². The van der Waals surface area contributed by atoms with Crippen molar-refractivity contribution in [1.29, 1.82) is 0 Å². The Kier molecular flexibility index (Phi) is 4.16. The highest BCUT2D eigenvalue weighted by Crippen LogP contribution is 2.40. The molecule has 2 rings (SSSR count). The van der Waals surface area contributed by atoms with E-state index in [0.29, 0.717) is 17.2 Å². The van der Waals surface area contributed by atoms with Gasteiger partial charge in [0.15, 0.2) is 17.2 Å². The Morgan fingerprint density at radius 2 is 2.05 bits per heavy atom. The van der Waals surface area contributed by atoms with E-state index in [2.05, 4.69) is 5.10 Å². The molecule has 1 heterocycles. The molecule has 0 aliphatic heterocycles. The van der Waals surface area contributed by atoms with Crippen molar-refractivity contribution in [2.45, 2.75) is 13.3 Å². The molecule has 0 spiro atoms. The number of aromatic carboxylic acids is 1. The van der Waals surface area contributed by atoms with Crippen LogP contribution in [0.25, 0.3) is 11.3 Å². The summed E-state index contributed by atoms with van der Waals surface area (Å²) in [5.41, 5.74) is 2.52. The molecule has 0 saturated heterocycles. The summed E-state index contributed by atoms with van der Waals surface area (Å²) in [6, 6.07) is 5.33. The number of aryl methyl sites for hydroxylation is 2. The summed E-state index contributed by atoms with van der Waals surface area (Å²) in [4.78, 5) is 11.1. The molecule has 1 N–H and O–H groups in total. The van der Waals surface area contributed by atoms with Crippen molar-refractivity contribution < 1.29 is 19.4 Å². The number of carboxylic acid groups (broad SMARTS) is 1. The Morgan fingerprint density at radius 3 is 2.52 bits per heavy atom. The molecule has 112 valence electrons. The minimum Gasteiger partial charge on any atom is -0.493 e. The van der Waals surface area contributed by atoms with Crippen molar-refractivity contribution in [2.75, 3.05) is 14.2 Å². The minimum atomic E-state index is -1.06. The largest absolute Gasteiger partial charge is 0.493 e. The fraction of sp³-hybridized carbons (Fsp3) is 0.333. The van der Waals surface area contributed by atoms with Gasteiger partial charge in [-0.2, -0.15) is 5.10 Å². The van der Waals surface area contributed by atoms with Crippen LogP contribution in [0.3, 0.4) is 0 Å². The molecule has 0 fully saturated rings. The van der Waals surface area contributed by atoms with E-state index >= 15 is 0 Å². The summed E-state index contributed by atoms with van der Waals surface area (Å²) in [6.07, 6.45) is 0.781. The molecule has 0 atom stereocenters. The topological polar surface area (TPSA) is 73.6 Å². The van der Waals surface area contributed by atoms with Crippen LogP contribution in [0.4, 0.5) is 0 Å². The van der Waals surface area contributed by atoms with Crippen molar-refractivity contribution in [1.82, 2.24) is 9.78 Å². The number of hydrogen-bond donors (Lipinski definition) is 1. The van der Waals surface area contributed by atoms with Crippen LogP contribution in [-0.4, -0.2) is 35.1 Å². The summed E-state index contributed by atoms with van der Waals surface area (Å²) < 4.78 is 12.3. The van der Waals surface area contributed by atoms with Crippen LogP contribution in [-0.2, 0) is 13.5 Å². The van der Waals surface area contributed by atoms with Crippen LogP contribution >= 0.6 is 0 Å². The van der Waals surface area contributed by atoms with Gasteiger partial charge in [-0.15, -0.1) is 0 Å². The number of rotatable bonds is 5. The van der Waals surface area contributed by atoms with Gasteiger partial charge in [0.2, 0.25) is 0 Å². The highest BCUT2D eigenvalue weighted by molar-refractivity contribution is 5.88. The number of methoxy groups -OCH3 is 2. The molecule has 0 radical (unpaired) electrons. The molecule has 0 aliphatic carbocycles.